The fourth-order valence-electron chi connectivity index (χ4n) is 2.20. The average molecular weight is 306 g/mol. The Morgan fingerprint density at radius 2 is 1.70 bits per heavy atom. The van der Waals surface area contributed by atoms with E-state index in [0.29, 0.717) is 16.9 Å². The average Bonchev–Trinajstić information content (AvgIpc) is 2.61. The first-order valence-electron chi connectivity index (χ1n) is 7.03. The molecule has 1 amide bonds. The van der Waals surface area contributed by atoms with E-state index < -0.39 is 5.97 Å². The standard InChI is InChI=1S/C18H14N2O3/c1-23-18(22)13-6-9-14(10-7-13)19-17(21)16-11-8-12-4-2-3-5-15(12)20-16/h2-11H,1H3,(H,19,21). The first-order chi connectivity index (χ1) is 11.2. The minimum atomic E-state index is -0.418. The highest BCUT2D eigenvalue weighted by Gasteiger charge is 2.10. The van der Waals surface area contributed by atoms with Gasteiger partial charge in [0.25, 0.3) is 5.91 Å². The lowest BCUT2D eigenvalue weighted by molar-refractivity contribution is 0.0600. The normalized spacial score (nSPS) is 10.3. The topological polar surface area (TPSA) is 68.3 Å². The van der Waals surface area contributed by atoms with Crippen LogP contribution in [0, 0.1) is 0 Å². The molecule has 0 radical (unpaired) electrons. The number of benzene rings is 2. The van der Waals surface area contributed by atoms with Crippen LogP contribution in [0.5, 0.6) is 0 Å². The van der Waals surface area contributed by atoms with Crippen molar-refractivity contribution in [3.8, 4) is 0 Å². The van der Waals surface area contributed by atoms with Gasteiger partial charge in [-0.3, -0.25) is 4.79 Å². The zero-order valence-electron chi connectivity index (χ0n) is 12.4. The van der Waals surface area contributed by atoms with Gasteiger partial charge in [-0.1, -0.05) is 24.3 Å². The Labute approximate surface area is 132 Å². The Kier molecular flexibility index (Phi) is 4.01. The molecule has 0 fully saturated rings. The Morgan fingerprint density at radius 1 is 0.957 bits per heavy atom. The Hall–Kier alpha value is -3.21. The van der Waals surface area contributed by atoms with Gasteiger partial charge in [-0.15, -0.1) is 0 Å². The van der Waals surface area contributed by atoms with Gasteiger partial charge in [-0.05, 0) is 36.4 Å². The molecule has 0 unspecified atom stereocenters. The van der Waals surface area contributed by atoms with Crippen molar-refractivity contribution < 1.29 is 14.3 Å². The maximum atomic E-state index is 12.3. The summed E-state index contributed by atoms with van der Waals surface area (Å²) in [6.07, 6.45) is 0. The van der Waals surface area contributed by atoms with Gasteiger partial charge in [0.15, 0.2) is 0 Å². The van der Waals surface area contributed by atoms with Crippen molar-refractivity contribution in [3.63, 3.8) is 0 Å². The van der Waals surface area contributed by atoms with E-state index in [9.17, 15) is 9.59 Å². The molecule has 0 spiro atoms. The zero-order valence-corrected chi connectivity index (χ0v) is 12.4. The molecule has 1 N–H and O–H groups in total. The van der Waals surface area contributed by atoms with E-state index in [1.165, 1.54) is 7.11 Å². The molecule has 0 aliphatic rings. The molecule has 5 heteroatoms. The van der Waals surface area contributed by atoms with Crippen LogP contribution in [-0.4, -0.2) is 24.0 Å². The number of rotatable bonds is 3. The molecule has 114 valence electrons. The number of anilines is 1. The van der Waals surface area contributed by atoms with Gasteiger partial charge < -0.3 is 10.1 Å². The monoisotopic (exact) mass is 306 g/mol. The predicted molar refractivity (Wildman–Crippen MR) is 87.5 cm³/mol. The number of methoxy groups -OCH3 is 1. The molecule has 0 saturated carbocycles. The second-order valence-corrected chi connectivity index (χ2v) is 4.91. The van der Waals surface area contributed by atoms with Crippen molar-refractivity contribution >= 4 is 28.5 Å². The Morgan fingerprint density at radius 3 is 2.43 bits per heavy atom. The highest BCUT2D eigenvalue weighted by Crippen LogP contribution is 2.14. The summed E-state index contributed by atoms with van der Waals surface area (Å²) in [5.74, 6) is -0.722. The number of ether oxygens (including phenoxy) is 1. The molecule has 0 bridgehead atoms. The lowest BCUT2D eigenvalue weighted by Crippen LogP contribution is -2.13. The van der Waals surface area contributed by atoms with Crippen molar-refractivity contribution in [2.45, 2.75) is 0 Å². The van der Waals surface area contributed by atoms with Gasteiger partial charge in [-0.2, -0.15) is 0 Å². The summed E-state index contributed by atoms with van der Waals surface area (Å²) < 4.78 is 4.63. The van der Waals surface area contributed by atoms with E-state index >= 15 is 0 Å². The molecular weight excluding hydrogens is 292 g/mol. The number of esters is 1. The van der Waals surface area contributed by atoms with Crippen LogP contribution >= 0.6 is 0 Å². The molecule has 23 heavy (non-hydrogen) atoms. The quantitative estimate of drug-likeness (QED) is 0.754. The summed E-state index contributed by atoms with van der Waals surface area (Å²) in [6.45, 7) is 0. The third kappa shape index (κ3) is 3.18. The van der Waals surface area contributed by atoms with Crippen LogP contribution in [0.1, 0.15) is 20.8 Å². The van der Waals surface area contributed by atoms with Crippen LogP contribution in [0.15, 0.2) is 60.7 Å². The molecule has 2 aromatic carbocycles. The van der Waals surface area contributed by atoms with Gasteiger partial charge >= 0.3 is 5.97 Å². The van der Waals surface area contributed by atoms with Crippen LogP contribution in [0.4, 0.5) is 5.69 Å². The van der Waals surface area contributed by atoms with Crippen molar-refractivity contribution in [2.24, 2.45) is 0 Å². The highest BCUT2D eigenvalue weighted by atomic mass is 16.5. The van der Waals surface area contributed by atoms with E-state index in [1.807, 2.05) is 30.3 Å². The van der Waals surface area contributed by atoms with E-state index in [1.54, 1.807) is 30.3 Å². The zero-order chi connectivity index (χ0) is 16.2. The fourth-order valence-corrected chi connectivity index (χ4v) is 2.20. The molecule has 0 aliphatic carbocycles. The number of carbonyl (C=O) groups is 2. The van der Waals surface area contributed by atoms with Gasteiger partial charge in [0.2, 0.25) is 0 Å². The van der Waals surface area contributed by atoms with E-state index in [2.05, 4.69) is 15.0 Å². The van der Waals surface area contributed by atoms with Crippen molar-refractivity contribution in [3.05, 3.63) is 71.9 Å². The number of aromatic nitrogens is 1. The smallest absolute Gasteiger partial charge is 0.337 e. The number of amides is 1. The number of fused-ring (bicyclic) bond motifs is 1. The fraction of sp³-hybridized carbons (Fsp3) is 0.0556. The number of nitrogens with one attached hydrogen (secondary N) is 1. The summed E-state index contributed by atoms with van der Waals surface area (Å²) in [6, 6.07) is 17.6. The second kappa shape index (κ2) is 6.27. The largest absolute Gasteiger partial charge is 0.465 e. The first kappa shape index (κ1) is 14.7. The third-order valence-electron chi connectivity index (χ3n) is 3.39. The molecule has 0 saturated heterocycles. The molecule has 1 heterocycles. The third-order valence-corrected chi connectivity index (χ3v) is 3.39. The maximum absolute atomic E-state index is 12.3. The Balaban J connectivity index is 1.78. The molecule has 1 aromatic heterocycles. The highest BCUT2D eigenvalue weighted by molar-refractivity contribution is 6.04. The summed E-state index contributed by atoms with van der Waals surface area (Å²) in [5, 5.41) is 3.73. The SMILES string of the molecule is COC(=O)c1ccc(NC(=O)c2ccc3ccccc3n2)cc1. The van der Waals surface area contributed by atoms with Crippen molar-refractivity contribution in [1.29, 1.82) is 0 Å². The van der Waals surface area contributed by atoms with E-state index in [0.717, 1.165) is 10.9 Å². The predicted octanol–water partition coefficient (Wildman–Crippen LogP) is 3.27. The first-order valence-corrected chi connectivity index (χ1v) is 7.03. The maximum Gasteiger partial charge on any atom is 0.337 e. The van der Waals surface area contributed by atoms with Crippen molar-refractivity contribution in [2.75, 3.05) is 12.4 Å². The van der Waals surface area contributed by atoms with Crippen LogP contribution < -0.4 is 5.32 Å². The second-order valence-electron chi connectivity index (χ2n) is 4.91. The Bertz CT molecular complexity index is 873. The lowest BCUT2D eigenvalue weighted by atomic mass is 10.2. The molecule has 0 aliphatic heterocycles. The summed E-state index contributed by atoms with van der Waals surface area (Å²) >= 11 is 0. The number of hydrogen-bond donors (Lipinski definition) is 1. The number of pyridine rings is 1. The number of para-hydroxylation sites is 1. The van der Waals surface area contributed by atoms with Gasteiger partial charge in [0, 0.05) is 11.1 Å². The lowest BCUT2D eigenvalue weighted by Gasteiger charge is -2.06. The van der Waals surface area contributed by atoms with Crippen LogP contribution in [-0.2, 0) is 4.74 Å². The van der Waals surface area contributed by atoms with Crippen LogP contribution in [0.25, 0.3) is 10.9 Å². The minimum absolute atomic E-state index is 0.304. The summed E-state index contributed by atoms with van der Waals surface area (Å²) in [4.78, 5) is 28.0. The number of hydrogen-bond acceptors (Lipinski definition) is 4. The molecular formula is C18H14N2O3. The van der Waals surface area contributed by atoms with E-state index in [4.69, 9.17) is 0 Å². The van der Waals surface area contributed by atoms with Gasteiger partial charge in [0.05, 0.1) is 18.2 Å². The van der Waals surface area contributed by atoms with Gasteiger partial charge in [-0.25, -0.2) is 9.78 Å². The summed E-state index contributed by atoms with van der Waals surface area (Å²) in [7, 11) is 1.32. The van der Waals surface area contributed by atoms with Gasteiger partial charge in [0.1, 0.15) is 5.69 Å². The van der Waals surface area contributed by atoms with Crippen LogP contribution in [0.3, 0.4) is 0 Å². The number of nitrogens with zero attached hydrogens (tertiary/aromatic N) is 1. The molecule has 3 aromatic rings. The van der Waals surface area contributed by atoms with E-state index in [-0.39, 0.29) is 5.91 Å². The number of carbonyl (C=O) groups excluding carboxylic acids is 2. The molecule has 5 nitrogen and oxygen atoms in total. The molecule has 0 atom stereocenters. The van der Waals surface area contributed by atoms with Crippen molar-refractivity contribution in [1.82, 2.24) is 4.98 Å². The summed E-state index contributed by atoms with van der Waals surface area (Å²) in [5.41, 5.74) is 2.11. The van der Waals surface area contributed by atoms with Crippen LogP contribution in [0.2, 0.25) is 0 Å². The molecule has 3 rings (SSSR count). The minimum Gasteiger partial charge on any atom is -0.465 e.